The molecule has 170 valence electrons. The van der Waals surface area contributed by atoms with Gasteiger partial charge in [0.05, 0.1) is 6.04 Å². The molecule has 3 saturated carbocycles. The van der Waals surface area contributed by atoms with Crippen LogP contribution in [0.5, 0.6) is 0 Å². The van der Waals surface area contributed by atoms with Crippen molar-refractivity contribution in [2.24, 2.45) is 16.7 Å². The molecule has 5 rings (SSSR count). The van der Waals surface area contributed by atoms with Crippen molar-refractivity contribution in [3.05, 3.63) is 17.0 Å². The van der Waals surface area contributed by atoms with Crippen molar-refractivity contribution < 1.29 is 9.59 Å². The molecule has 1 aromatic heterocycles. The fourth-order valence-corrected chi connectivity index (χ4v) is 7.39. The maximum Gasteiger partial charge on any atom is 0.272 e. The third kappa shape index (κ3) is 3.32. The highest BCUT2D eigenvalue weighted by Gasteiger charge is 2.59. The minimum atomic E-state index is -0.0388. The minimum Gasteiger partial charge on any atom is -0.347 e. The molecule has 0 spiro atoms. The standard InChI is InChI=1S/C25H38N4O2/c1-16(30)28-13-11-20-19(15-28)21(27-29(20)18-8-6-5-7-9-18)22(31)26-23-24(2,3)17-10-12-25(23,4)14-17/h17-18,23H,5-15H2,1-4H3,(H,26,31). The van der Waals surface area contributed by atoms with Gasteiger partial charge in [-0.3, -0.25) is 14.3 Å². The lowest BCUT2D eigenvalue weighted by molar-refractivity contribution is -0.129. The highest BCUT2D eigenvalue weighted by Crippen LogP contribution is 2.62. The summed E-state index contributed by atoms with van der Waals surface area (Å²) in [4.78, 5) is 27.6. The molecule has 1 N–H and O–H groups in total. The van der Waals surface area contributed by atoms with E-state index in [9.17, 15) is 9.59 Å². The van der Waals surface area contributed by atoms with Crippen LogP contribution in [0.15, 0.2) is 0 Å². The van der Waals surface area contributed by atoms with Crippen LogP contribution in [-0.2, 0) is 17.8 Å². The van der Waals surface area contributed by atoms with Crippen LogP contribution in [-0.4, -0.2) is 39.1 Å². The minimum absolute atomic E-state index is 0.0388. The van der Waals surface area contributed by atoms with E-state index in [0.717, 1.165) is 31.4 Å². The zero-order valence-corrected chi connectivity index (χ0v) is 19.7. The van der Waals surface area contributed by atoms with Gasteiger partial charge in [-0.15, -0.1) is 0 Å². The van der Waals surface area contributed by atoms with Gasteiger partial charge in [0.15, 0.2) is 5.69 Å². The van der Waals surface area contributed by atoms with Crippen LogP contribution in [0, 0.1) is 16.7 Å². The summed E-state index contributed by atoms with van der Waals surface area (Å²) in [7, 11) is 0. The summed E-state index contributed by atoms with van der Waals surface area (Å²) >= 11 is 0. The quantitative estimate of drug-likeness (QED) is 0.786. The van der Waals surface area contributed by atoms with E-state index < -0.39 is 0 Å². The van der Waals surface area contributed by atoms with Gasteiger partial charge in [0.1, 0.15) is 0 Å². The number of carbonyl (C=O) groups is 2. The van der Waals surface area contributed by atoms with Crippen LogP contribution in [0.1, 0.15) is 107 Å². The monoisotopic (exact) mass is 426 g/mol. The second-order valence-electron chi connectivity index (χ2n) is 11.5. The molecule has 4 aliphatic rings. The average Bonchev–Trinajstić information content (AvgIpc) is 3.38. The van der Waals surface area contributed by atoms with Crippen molar-refractivity contribution in [3.8, 4) is 0 Å². The van der Waals surface area contributed by atoms with E-state index in [0.29, 0.717) is 24.2 Å². The molecule has 6 heteroatoms. The summed E-state index contributed by atoms with van der Waals surface area (Å²) in [6.45, 7) is 9.84. The van der Waals surface area contributed by atoms with E-state index in [1.807, 2.05) is 4.90 Å². The van der Waals surface area contributed by atoms with Gasteiger partial charge in [0, 0.05) is 43.7 Å². The van der Waals surface area contributed by atoms with Gasteiger partial charge in [-0.1, -0.05) is 40.0 Å². The summed E-state index contributed by atoms with van der Waals surface area (Å²) in [5, 5.41) is 8.40. The van der Waals surface area contributed by atoms with E-state index >= 15 is 0 Å². The zero-order chi connectivity index (χ0) is 22.0. The lowest BCUT2D eigenvalue weighted by Crippen LogP contribution is -2.52. The van der Waals surface area contributed by atoms with Crippen molar-refractivity contribution in [3.63, 3.8) is 0 Å². The first-order valence-electron chi connectivity index (χ1n) is 12.4. The normalized spacial score (nSPS) is 32.2. The molecule has 2 bridgehead atoms. The Bertz CT molecular complexity index is 893. The molecule has 0 radical (unpaired) electrons. The number of hydrogen-bond donors (Lipinski definition) is 1. The number of hydrogen-bond acceptors (Lipinski definition) is 3. The highest BCUT2D eigenvalue weighted by atomic mass is 16.2. The summed E-state index contributed by atoms with van der Waals surface area (Å²) in [6, 6.07) is 0.568. The Balaban J connectivity index is 1.47. The molecule has 1 aromatic rings. The number of nitrogens with zero attached hydrogens (tertiary/aromatic N) is 3. The van der Waals surface area contributed by atoms with Crippen molar-refractivity contribution in [1.82, 2.24) is 20.0 Å². The van der Waals surface area contributed by atoms with Gasteiger partial charge < -0.3 is 10.2 Å². The fourth-order valence-electron chi connectivity index (χ4n) is 7.39. The molecule has 0 saturated heterocycles. The third-order valence-electron chi connectivity index (χ3n) is 9.21. The second-order valence-corrected chi connectivity index (χ2v) is 11.5. The number of rotatable bonds is 3. The maximum atomic E-state index is 13.7. The molecule has 3 unspecified atom stereocenters. The van der Waals surface area contributed by atoms with Crippen LogP contribution < -0.4 is 5.32 Å². The SMILES string of the molecule is CC(=O)N1CCc2c(c(C(=O)NC3C4(C)CCC(C4)C3(C)C)nn2C2CCCCC2)C1. The van der Waals surface area contributed by atoms with Crippen molar-refractivity contribution in [2.75, 3.05) is 6.54 Å². The second kappa shape index (κ2) is 7.35. The molecule has 3 fully saturated rings. The van der Waals surface area contributed by atoms with Crippen molar-refractivity contribution in [2.45, 2.75) is 104 Å². The van der Waals surface area contributed by atoms with E-state index in [2.05, 4.69) is 30.8 Å². The first-order valence-corrected chi connectivity index (χ1v) is 12.4. The van der Waals surface area contributed by atoms with Crippen molar-refractivity contribution in [1.29, 1.82) is 0 Å². The molecule has 31 heavy (non-hydrogen) atoms. The Labute approximate surface area is 186 Å². The lowest BCUT2D eigenvalue weighted by Gasteiger charge is -2.43. The Kier molecular flexibility index (Phi) is 4.98. The molecule has 1 aliphatic heterocycles. The fraction of sp³-hybridized carbons (Fsp3) is 0.800. The van der Waals surface area contributed by atoms with E-state index in [1.165, 1.54) is 44.2 Å². The third-order valence-corrected chi connectivity index (χ3v) is 9.21. The first kappa shape index (κ1) is 21.0. The van der Waals surface area contributed by atoms with Gasteiger partial charge >= 0.3 is 0 Å². The summed E-state index contributed by atoms with van der Waals surface area (Å²) in [5.41, 5.74) is 3.03. The van der Waals surface area contributed by atoms with Crippen LogP contribution >= 0.6 is 0 Å². The Morgan fingerprint density at radius 3 is 2.48 bits per heavy atom. The number of aromatic nitrogens is 2. The van der Waals surface area contributed by atoms with Gasteiger partial charge in [-0.2, -0.15) is 5.10 Å². The number of fused-ring (bicyclic) bond motifs is 3. The number of nitrogens with one attached hydrogen (secondary N) is 1. The van der Waals surface area contributed by atoms with Crippen LogP contribution in [0.3, 0.4) is 0 Å². The first-order chi connectivity index (χ1) is 14.7. The van der Waals surface area contributed by atoms with E-state index in [-0.39, 0.29) is 28.7 Å². The average molecular weight is 427 g/mol. The Hall–Kier alpha value is -1.85. The number of carbonyl (C=O) groups excluding carboxylic acids is 2. The van der Waals surface area contributed by atoms with Gasteiger partial charge in [0.2, 0.25) is 5.91 Å². The zero-order valence-electron chi connectivity index (χ0n) is 19.7. The number of amides is 2. The summed E-state index contributed by atoms with van der Waals surface area (Å²) in [5.74, 6) is 0.719. The predicted molar refractivity (Wildman–Crippen MR) is 120 cm³/mol. The van der Waals surface area contributed by atoms with Crippen molar-refractivity contribution >= 4 is 11.8 Å². The van der Waals surface area contributed by atoms with Crippen LogP contribution in [0.2, 0.25) is 0 Å². The predicted octanol–water partition coefficient (Wildman–Crippen LogP) is 4.24. The Morgan fingerprint density at radius 1 is 1.10 bits per heavy atom. The van der Waals surface area contributed by atoms with Gasteiger partial charge in [0.25, 0.3) is 5.91 Å². The summed E-state index contributed by atoms with van der Waals surface area (Å²) < 4.78 is 2.18. The summed E-state index contributed by atoms with van der Waals surface area (Å²) in [6.07, 6.45) is 10.5. The van der Waals surface area contributed by atoms with Crippen LogP contribution in [0.4, 0.5) is 0 Å². The molecule has 3 atom stereocenters. The molecule has 6 nitrogen and oxygen atoms in total. The lowest BCUT2D eigenvalue weighted by atomic mass is 9.68. The maximum absolute atomic E-state index is 13.7. The smallest absolute Gasteiger partial charge is 0.272 e. The largest absolute Gasteiger partial charge is 0.347 e. The molecule has 2 amide bonds. The highest BCUT2D eigenvalue weighted by molar-refractivity contribution is 5.94. The molecule has 2 heterocycles. The molecule has 0 aromatic carbocycles. The van der Waals surface area contributed by atoms with E-state index in [4.69, 9.17) is 5.10 Å². The van der Waals surface area contributed by atoms with Gasteiger partial charge in [-0.25, -0.2) is 0 Å². The Morgan fingerprint density at radius 2 is 1.84 bits per heavy atom. The van der Waals surface area contributed by atoms with Crippen LogP contribution in [0.25, 0.3) is 0 Å². The molecule has 3 aliphatic carbocycles. The van der Waals surface area contributed by atoms with E-state index in [1.54, 1.807) is 6.92 Å². The molecular weight excluding hydrogens is 388 g/mol. The van der Waals surface area contributed by atoms with Gasteiger partial charge in [-0.05, 0) is 48.9 Å². The topological polar surface area (TPSA) is 67.2 Å². The molecular formula is C25H38N4O2.